The first-order valence-corrected chi connectivity index (χ1v) is 5.79. The van der Waals surface area contributed by atoms with Crippen molar-refractivity contribution >= 4 is 11.0 Å². The van der Waals surface area contributed by atoms with E-state index in [1.165, 1.54) is 10.9 Å². The van der Waals surface area contributed by atoms with E-state index in [0.29, 0.717) is 5.92 Å². The van der Waals surface area contributed by atoms with E-state index in [0.717, 1.165) is 12.0 Å². The Bertz CT molecular complexity index is 400. The maximum Gasteiger partial charge on any atom is 0.134 e. The molecule has 1 aromatic carbocycles. The topological polar surface area (TPSA) is 13.1 Å². The number of fused-ring (bicyclic) bond motifs is 1. The van der Waals surface area contributed by atoms with E-state index in [1.54, 1.807) is 0 Å². The maximum absolute atomic E-state index is 5.47. The second kappa shape index (κ2) is 5.59. The Balaban J connectivity index is 0.000000531. The van der Waals surface area contributed by atoms with Gasteiger partial charge in [0, 0.05) is 10.9 Å². The van der Waals surface area contributed by atoms with Crippen molar-refractivity contribution in [3.8, 4) is 0 Å². The van der Waals surface area contributed by atoms with Gasteiger partial charge in [-0.2, -0.15) is 0 Å². The van der Waals surface area contributed by atoms with Gasteiger partial charge >= 0.3 is 0 Å². The Hall–Kier alpha value is -1.24. The van der Waals surface area contributed by atoms with Gasteiger partial charge in [0.15, 0.2) is 0 Å². The van der Waals surface area contributed by atoms with Gasteiger partial charge in [-0.05, 0) is 18.4 Å². The van der Waals surface area contributed by atoms with Gasteiger partial charge in [-0.3, -0.25) is 0 Å². The van der Waals surface area contributed by atoms with E-state index in [-0.39, 0.29) is 0 Å². The largest absolute Gasteiger partial charge is 0.464 e. The van der Waals surface area contributed by atoms with Crippen LogP contribution in [0, 0.1) is 0 Å². The van der Waals surface area contributed by atoms with Crippen molar-refractivity contribution in [3.63, 3.8) is 0 Å². The molecule has 2 rings (SSSR count). The van der Waals surface area contributed by atoms with E-state index in [1.807, 2.05) is 32.2 Å². The average Bonchev–Trinajstić information content (AvgIpc) is 2.74. The Morgan fingerprint density at radius 1 is 1.20 bits per heavy atom. The quantitative estimate of drug-likeness (QED) is 0.673. The highest BCUT2D eigenvalue weighted by Crippen LogP contribution is 2.28. The van der Waals surface area contributed by atoms with Gasteiger partial charge in [0.2, 0.25) is 0 Å². The average molecular weight is 204 g/mol. The zero-order chi connectivity index (χ0) is 11.3. The molecule has 15 heavy (non-hydrogen) atoms. The summed E-state index contributed by atoms with van der Waals surface area (Å²) in [5.41, 5.74) is 2.33. The standard InChI is InChI=1S/C12H14O.C2H6/c1-3-9(2)11-8-13-12-7-5-4-6-10(11)12;1-2/h4-9H,3H2,1-2H3;1-2H3. The van der Waals surface area contributed by atoms with Crippen LogP contribution in [0.15, 0.2) is 34.9 Å². The van der Waals surface area contributed by atoms with Crippen LogP contribution in [0.3, 0.4) is 0 Å². The Labute approximate surface area is 92.1 Å². The van der Waals surface area contributed by atoms with Crippen LogP contribution in [0.5, 0.6) is 0 Å². The molecule has 82 valence electrons. The van der Waals surface area contributed by atoms with Gasteiger partial charge in [-0.25, -0.2) is 0 Å². The van der Waals surface area contributed by atoms with Crippen molar-refractivity contribution in [3.05, 3.63) is 36.1 Å². The fourth-order valence-electron chi connectivity index (χ4n) is 1.60. The lowest BCUT2D eigenvalue weighted by atomic mass is 9.98. The maximum atomic E-state index is 5.47. The minimum Gasteiger partial charge on any atom is -0.464 e. The van der Waals surface area contributed by atoms with Gasteiger partial charge in [0.05, 0.1) is 6.26 Å². The molecule has 0 saturated heterocycles. The normalized spacial score (nSPS) is 12.0. The highest BCUT2D eigenvalue weighted by molar-refractivity contribution is 5.81. The number of benzene rings is 1. The Kier molecular flexibility index (Phi) is 4.41. The molecule has 2 aromatic rings. The minimum absolute atomic E-state index is 0.587. The molecule has 0 amide bonds. The van der Waals surface area contributed by atoms with Crippen molar-refractivity contribution in [2.75, 3.05) is 0 Å². The molecule has 1 atom stereocenters. The van der Waals surface area contributed by atoms with Crippen LogP contribution in [0.2, 0.25) is 0 Å². The number of rotatable bonds is 2. The third-order valence-electron chi connectivity index (χ3n) is 2.65. The van der Waals surface area contributed by atoms with E-state index >= 15 is 0 Å². The summed E-state index contributed by atoms with van der Waals surface area (Å²) in [7, 11) is 0. The number of furan rings is 1. The van der Waals surface area contributed by atoms with Crippen LogP contribution in [0.4, 0.5) is 0 Å². The van der Waals surface area contributed by atoms with Crippen molar-refractivity contribution in [1.82, 2.24) is 0 Å². The van der Waals surface area contributed by atoms with E-state index in [4.69, 9.17) is 4.42 Å². The molecule has 0 fully saturated rings. The van der Waals surface area contributed by atoms with Crippen LogP contribution in [-0.2, 0) is 0 Å². The molecular formula is C14H20O. The van der Waals surface area contributed by atoms with Crippen LogP contribution >= 0.6 is 0 Å². The van der Waals surface area contributed by atoms with Crippen molar-refractivity contribution in [1.29, 1.82) is 0 Å². The molecule has 0 aliphatic rings. The second-order valence-corrected chi connectivity index (χ2v) is 3.50. The fourth-order valence-corrected chi connectivity index (χ4v) is 1.60. The van der Waals surface area contributed by atoms with Gasteiger partial charge in [-0.1, -0.05) is 45.9 Å². The Morgan fingerprint density at radius 2 is 1.87 bits per heavy atom. The minimum atomic E-state index is 0.587. The summed E-state index contributed by atoms with van der Waals surface area (Å²) in [5, 5.41) is 1.26. The molecule has 1 aromatic heterocycles. The lowest BCUT2D eigenvalue weighted by molar-refractivity contribution is 0.600. The molecule has 0 aliphatic heterocycles. The first-order chi connectivity index (χ1) is 7.33. The summed E-state index contributed by atoms with van der Waals surface area (Å²) in [4.78, 5) is 0. The van der Waals surface area contributed by atoms with E-state index in [9.17, 15) is 0 Å². The highest BCUT2D eigenvalue weighted by Gasteiger charge is 2.09. The second-order valence-electron chi connectivity index (χ2n) is 3.50. The number of hydrogen-bond acceptors (Lipinski definition) is 1. The number of hydrogen-bond donors (Lipinski definition) is 0. The van der Waals surface area contributed by atoms with Crippen molar-refractivity contribution < 1.29 is 4.42 Å². The van der Waals surface area contributed by atoms with E-state index < -0.39 is 0 Å². The monoisotopic (exact) mass is 204 g/mol. The molecule has 1 heteroatoms. The van der Waals surface area contributed by atoms with Crippen LogP contribution in [0.1, 0.15) is 45.6 Å². The fraction of sp³-hybridized carbons (Fsp3) is 0.429. The molecule has 1 heterocycles. The highest BCUT2D eigenvalue weighted by atomic mass is 16.3. The summed E-state index contributed by atoms with van der Waals surface area (Å²) in [5.74, 6) is 0.587. The third kappa shape index (κ3) is 2.41. The summed E-state index contributed by atoms with van der Waals surface area (Å²) in [6.07, 6.45) is 3.04. The van der Waals surface area contributed by atoms with Gasteiger partial charge in [0.1, 0.15) is 5.58 Å². The van der Waals surface area contributed by atoms with Crippen molar-refractivity contribution in [2.45, 2.75) is 40.0 Å². The van der Waals surface area contributed by atoms with E-state index in [2.05, 4.69) is 26.0 Å². The van der Waals surface area contributed by atoms with Gasteiger partial charge in [0.25, 0.3) is 0 Å². The number of para-hydroxylation sites is 1. The summed E-state index contributed by atoms with van der Waals surface area (Å²) < 4.78 is 5.47. The SMILES string of the molecule is CC.CCC(C)c1coc2ccccc12. The molecule has 0 N–H and O–H groups in total. The summed E-state index contributed by atoms with van der Waals surface area (Å²) in [6.45, 7) is 8.43. The van der Waals surface area contributed by atoms with Crippen LogP contribution < -0.4 is 0 Å². The lowest BCUT2D eigenvalue weighted by Crippen LogP contribution is -1.88. The predicted octanol–water partition coefficient (Wildman–Crippen LogP) is 4.97. The molecule has 0 aliphatic carbocycles. The molecular weight excluding hydrogens is 184 g/mol. The lowest BCUT2D eigenvalue weighted by Gasteiger charge is -2.04. The molecule has 0 spiro atoms. The Morgan fingerprint density at radius 3 is 2.53 bits per heavy atom. The molecule has 1 unspecified atom stereocenters. The smallest absolute Gasteiger partial charge is 0.134 e. The van der Waals surface area contributed by atoms with Crippen LogP contribution in [0.25, 0.3) is 11.0 Å². The third-order valence-corrected chi connectivity index (χ3v) is 2.65. The van der Waals surface area contributed by atoms with Gasteiger partial charge in [-0.15, -0.1) is 0 Å². The molecule has 1 nitrogen and oxygen atoms in total. The zero-order valence-corrected chi connectivity index (χ0v) is 10.1. The molecule has 0 radical (unpaired) electrons. The predicted molar refractivity (Wildman–Crippen MR) is 66.3 cm³/mol. The first-order valence-electron chi connectivity index (χ1n) is 5.79. The van der Waals surface area contributed by atoms with Crippen molar-refractivity contribution in [2.24, 2.45) is 0 Å². The first kappa shape index (κ1) is 11.8. The molecule has 0 bridgehead atoms. The van der Waals surface area contributed by atoms with Crippen LogP contribution in [-0.4, -0.2) is 0 Å². The summed E-state index contributed by atoms with van der Waals surface area (Å²) in [6, 6.07) is 8.21. The van der Waals surface area contributed by atoms with Gasteiger partial charge < -0.3 is 4.42 Å². The molecule has 0 saturated carbocycles. The zero-order valence-electron chi connectivity index (χ0n) is 10.1. The summed E-state index contributed by atoms with van der Waals surface area (Å²) >= 11 is 0.